The number of nitrogens with zero attached hydrogens (tertiary/aromatic N) is 1. The second-order valence-corrected chi connectivity index (χ2v) is 5.82. The van der Waals surface area contributed by atoms with E-state index in [0.29, 0.717) is 24.7 Å². The Balaban J connectivity index is 1.70. The van der Waals surface area contributed by atoms with E-state index in [1.54, 1.807) is 0 Å². The molecule has 2 rings (SSSR count). The number of carboxylic acids is 1. The summed E-state index contributed by atoms with van der Waals surface area (Å²) in [7, 11) is 0. The molecule has 0 radical (unpaired) electrons. The van der Waals surface area contributed by atoms with E-state index in [-0.39, 0.29) is 12.3 Å². The van der Waals surface area contributed by atoms with Crippen molar-refractivity contribution in [1.82, 2.24) is 10.2 Å². The molecule has 5 heteroatoms. The Kier molecular flexibility index (Phi) is 5.19. The van der Waals surface area contributed by atoms with Crippen LogP contribution in [0.5, 0.6) is 0 Å². The summed E-state index contributed by atoms with van der Waals surface area (Å²) in [5.41, 5.74) is 0. The van der Waals surface area contributed by atoms with Crippen molar-refractivity contribution in [3.63, 3.8) is 0 Å². The number of carbonyl (C=O) groups excluding carboxylic acids is 1. The van der Waals surface area contributed by atoms with Gasteiger partial charge in [0, 0.05) is 25.9 Å². The van der Waals surface area contributed by atoms with Crippen LogP contribution in [0.4, 0.5) is 0 Å². The summed E-state index contributed by atoms with van der Waals surface area (Å²) >= 11 is 0. The average Bonchev–Trinajstić information content (AvgIpc) is 2.86. The van der Waals surface area contributed by atoms with Crippen LogP contribution in [0.25, 0.3) is 0 Å². The SMILES string of the molecule is O=C(O)CCC1CCN(C(=O)CC2CCNCC2)C1. The third-order valence-corrected chi connectivity index (χ3v) is 4.33. The van der Waals surface area contributed by atoms with Gasteiger partial charge >= 0.3 is 5.97 Å². The van der Waals surface area contributed by atoms with Crippen molar-refractivity contribution in [3.8, 4) is 0 Å². The second-order valence-electron chi connectivity index (χ2n) is 5.82. The van der Waals surface area contributed by atoms with Crippen LogP contribution in [-0.2, 0) is 9.59 Å². The van der Waals surface area contributed by atoms with E-state index in [1.165, 1.54) is 0 Å². The molecule has 0 aromatic heterocycles. The highest BCUT2D eigenvalue weighted by Gasteiger charge is 2.28. The Morgan fingerprint density at radius 3 is 2.58 bits per heavy atom. The van der Waals surface area contributed by atoms with Crippen molar-refractivity contribution < 1.29 is 14.7 Å². The Hall–Kier alpha value is -1.10. The van der Waals surface area contributed by atoms with Gasteiger partial charge in [-0.05, 0) is 50.6 Å². The van der Waals surface area contributed by atoms with Crippen molar-refractivity contribution in [2.24, 2.45) is 11.8 Å². The van der Waals surface area contributed by atoms with Crippen molar-refractivity contribution in [2.75, 3.05) is 26.2 Å². The summed E-state index contributed by atoms with van der Waals surface area (Å²) in [4.78, 5) is 24.7. The molecule has 0 spiro atoms. The van der Waals surface area contributed by atoms with Crippen LogP contribution in [0.15, 0.2) is 0 Å². The van der Waals surface area contributed by atoms with E-state index in [4.69, 9.17) is 5.11 Å². The van der Waals surface area contributed by atoms with Crippen molar-refractivity contribution in [1.29, 1.82) is 0 Å². The molecule has 19 heavy (non-hydrogen) atoms. The molecule has 0 aliphatic carbocycles. The molecule has 1 unspecified atom stereocenters. The van der Waals surface area contributed by atoms with Crippen LogP contribution in [0, 0.1) is 11.8 Å². The number of rotatable bonds is 5. The van der Waals surface area contributed by atoms with Gasteiger partial charge in [-0.1, -0.05) is 0 Å². The maximum Gasteiger partial charge on any atom is 0.303 e. The van der Waals surface area contributed by atoms with Crippen molar-refractivity contribution in [2.45, 2.75) is 38.5 Å². The summed E-state index contributed by atoms with van der Waals surface area (Å²) in [6.07, 6.45) is 4.76. The highest BCUT2D eigenvalue weighted by Crippen LogP contribution is 2.24. The first kappa shape index (κ1) is 14.3. The zero-order chi connectivity index (χ0) is 13.7. The molecular formula is C14H24N2O3. The first-order valence-electron chi connectivity index (χ1n) is 7.35. The number of carboxylic acid groups (broad SMARTS) is 1. The van der Waals surface area contributed by atoms with Gasteiger partial charge in [0.1, 0.15) is 0 Å². The minimum atomic E-state index is -0.737. The molecule has 1 amide bonds. The largest absolute Gasteiger partial charge is 0.481 e. The standard InChI is InChI=1S/C14H24N2O3/c17-13(9-11-3-6-15-7-4-11)16-8-5-12(10-16)1-2-14(18)19/h11-12,15H,1-10H2,(H,18,19). The van der Waals surface area contributed by atoms with E-state index >= 15 is 0 Å². The molecule has 2 N–H and O–H groups in total. The lowest BCUT2D eigenvalue weighted by Gasteiger charge is -2.24. The van der Waals surface area contributed by atoms with Gasteiger partial charge in [-0.3, -0.25) is 9.59 Å². The zero-order valence-corrected chi connectivity index (χ0v) is 11.4. The molecule has 2 aliphatic heterocycles. The number of hydrogen-bond donors (Lipinski definition) is 2. The molecule has 0 aromatic rings. The maximum atomic E-state index is 12.2. The van der Waals surface area contributed by atoms with E-state index in [9.17, 15) is 9.59 Å². The summed E-state index contributed by atoms with van der Waals surface area (Å²) in [6, 6.07) is 0. The van der Waals surface area contributed by atoms with Gasteiger partial charge in [-0.2, -0.15) is 0 Å². The van der Waals surface area contributed by atoms with Gasteiger partial charge in [0.15, 0.2) is 0 Å². The number of likely N-dealkylation sites (tertiary alicyclic amines) is 1. The lowest BCUT2D eigenvalue weighted by molar-refractivity contribution is -0.137. The minimum absolute atomic E-state index is 0.223. The third-order valence-electron chi connectivity index (χ3n) is 4.33. The van der Waals surface area contributed by atoms with E-state index in [1.807, 2.05) is 4.90 Å². The summed E-state index contributed by atoms with van der Waals surface area (Å²) in [5, 5.41) is 12.0. The lowest BCUT2D eigenvalue weighted by Crippen LogP contribution is -2.34. The fourth-order valence-electron chi connectivity index (χ4n) is 3.08. The summed E-state index contributed by atoms with van der Waals surface area (Å²) < 4.78 is 0. The number of carbonyl (C=O) groups is 2. The molecule has 1 atom stereocenters. The molecule has 0 saturated carbocycles. The van der Waals surface area contributed by atoms with Crippen LogP contribution in [0.2, 0.25) is 0 Å². The van der Waals surface area contributed by atoms with Crippen LogP contribution in [0.3, 0.4) is 0 Å². The summed E-state index contributed by atoms with van der Waals surface area (Å²) in [6.45, 7) is 3.63. The smallest absolute Gasteiger partial charge is 0.303 e. The van der Waals surface area contributed by atoms with Crippen LogP contribution < -0.4 is 5.32 Å². The first-order valence-corrected chi connectivity index (χ1v) is 7.35. The molecule has 0 bridgehead atoms. The van der Waals surface area contributed by atoms with Gasteiger partial charge in [0.2, 0.25) is 5.91 Å². The van der Waals surface area contributed by atoms with Crippen molar-refractivity contribution >= 4 is 11.9 Å². The first-order chi connectivity index (χ1) is 9.15. The molecule has 2 saturated heterocycles. The highest BCUT2D eigenvalue weighted by atomic mass is 16.4. The molecule has 0 aromatic carbocycles. The Bertz CT molecular complexity index is 327. The molecular weight excluding hydrogens is 244 g/mol. The Labute approximate surface area is 114 Å². The Morgan fingerprint density at radius 1 is 1.16 bits per heavy atom. The fraction of sp³-hybridized carbons (Fsp3) is 0.857. The van der Waals surface area contributed by atoms with E-state index in [2.05, 4.69) is 5.32 Å². The predicted octanol–water partition coefficient (Wildman–Crippen LogP) is 1.09. The monoisotopic (exact) mass is 268 g/mol. The average molecular weight is 268 g/mol. The predicted molar refractivity (Wildman–Crippen MR) is 71.8 cm³/mol. The van der Waals surface area contributed by atoms with Gasteiger partial charge < -0.3 is 15.3 Å². The minimum Gasteiger partial charge on any atom is -0.481 e. The molecule has 2 aliphatic rings. The van der Waals surface area contributed by atoms with Gasteiger partial charge in [-0.15, -0.1) is 0 Å². The number of nitrogens with one attached hydrogen (secondary N) is 1. The molecule has 2 heterocycles. The fourth-order valence-corrected chi connectivity index (χ4v) is 3.08. The number of aliphatic carboxylic acids is 1. The number of amides is 1. The zero-order valence-electron chi connectivity index (χ0n) is 11.4. The van der Waals surface area contributed by atoms with Gasteiger partial charge in [-0.25, -0.2) is 0 Å². The Morgan fingerprint density at radius 2 is 1.89 bits per heavy atom. The van der Waals surface area contributed by atoms with Crippen molar-refractivity contribution in [3.05, 3.63) is 0 Å². The van der Waals surface area contributed by atoms with Crippen LogP contribution >= 0.6 is 0 Å². The summed E-state index contributed by atoms with van der Waals surface area (Å²) in [5.74, 6) is 0.448. The maximum absolute atomic E-state index is 12.2. The van der Waals surface area contributed by atoms with E-state index < -0.39 is 5.97 Å². The van der Waals surface area contributed by atoms with Crippen LogP contribution in [0.1, 0.15) is 38.5 Å². The quantitative estimate of drug-likeness (QED) is 0.783. The van der Waals surface area contributed by atoms with Gasteiger partial charge in [0.05, 0.1) is 0 Å². The lowest BCUT2D eigenvalue weighted by atomic mass is 9.94. The third kappa shape index (κ3) is 4.49. The topological polar surface area (TPSA) is 69.6 Å². The molecule has 108 valence electrons. The van der Waals surface area contributed by atoms with Gasteiger partial charge in [0.25, 0.3) is 0 Å². The molecule has 5 nitrogen and oxygen atoms in total. The molecule has 2 fully saturated rings. The normalized spacial score (nSPS) is 24.6. The second kappa shape index (κ2) is 6.89. The number of hydrogen-bond acceptors (Lipinski definition) is 3. The highest BCUT2D eigenvalue weighted by molar-refractivity contribution is 5.76. The number of piperidine rings is 1. The van der Waals surface area contributed by atoms with E-state index in [0.717, 1.165) is 45.4 Å². The van der Waals surface area contributed by atoms with Crippen LogP contribution in [-0.4, -0.2) is 48.1 Å².